The number of rotatable bonds is 5. The standard InChI is InChI=1S/C18H17ClN4O/c1-12(2)13-5-7-15(8-6-13)23-18(24)14(10-20)11-22-16-4-3-9-21-17(16)19/h3-9,11-12,22H,1-2H3,(H,23,24)/b14-11-. The molecule has 1 amide bonds. The van der Waals surface area contributed by atoms with Gasteiger partial charge < -0.3 is 10.6 Å². The van der Waals surface area contributed by atoms with Crippen LogP contribution in [0.15, 0.2) is 54.4 Å². The first-order chi connectivity index (χ1) is 11.5. The molecule has 0 atom stereocenters. The van der Waals surface area contributed by atoms with Gasteiger partial charge in [0, 0.05) is 18.1 Å². The van der Waals surface area contributed by atoms with Gasteiger partial charge in [0.1, 0.15) is 11.6 Å². The Kier molecular flexibility index (Phi) is 5.94. The van der Waals surface area contributed by atoms with Crippen molar-refractivity contribution in [3.8, 4) is 6.07 Å². The summed E-state index contributed by atoms with van der Waals surface area (Å²) in [5.41, 5.74) is 2.26. The molecular weight excluding hydrogens is 324 g/mol. The highest BCUT2D eigenvalue weighted by molar-refractivity contribution is 6.32. The number of benzene rings is 1. The molecule has 2 N–H and O–H groups in total. The molecule has 0 spiro atoms. The number of carbonyl (C=O) groups excluding carboxylic acids is 1. The summed E-state index contributed by atoms with van der Waals surface area (Å²) in [6.07, 6.45) is 2.86. The third kappa shape index (κ3) is 4.58. The molecule has 0 unspecified atom stereocenters. The van der Waals surface area contributed by atoms with Crippen LogP contribution >= 0.6 is 11.6 Å². The quantitative estimate of drug-likeness (QED) is 0.483. The Morgan fingerprint density at radius 3 is 2.58 bits per heavy atom. The minimum atomic E-state index is -0.498. The lowest BCUT2D eigenvalue weighted by molar-refractivity contribution is -0.112. The van der Waals surface area contributed by atoms with E-state index in [1.165, 1.54) is 11.8 Å². The van der Waals surface area contributed by atoms with Crippen molar-refractivity contribution in [2.24, 2.45) is 0 Å². The van der Waals surface area contributed by atoms with E-state index in [1.807, 2.05) is 30.3 Å². The topological polar surface area (TPSA) is 77.8 Å². The van der Waals surface area contributed by atoms with E-state index < -0.39 is 5.91 Å². The highest BCUT2D eigenvalue weighted by Gasteiger charge is 2.10. The van der Waals surface area contributed by atoms with E-state index in [4.69, 9.17) is 11.6 Å². The SMILES string of the molecule is CC(C)c1ccc(NC(=O)/C(C#N)=C\Nc2cccnc2Cl)cc1. The van der Waals surface area contributed by atoms with Crippen LogP contribution in [0.3, 0.4) is 0 Å². The highest BCUT2D eigenvalue weighted by Crippen LogP contribution is 2.19. The number of nitrogens with one attached hydrogen (secondary N) is 2. The summed E-state index contributed by atoms with van der Waals surface area (Å²) in [6, 6.07) is 12.8. The molecule has 0 fully saturated rings. The van der Waals surface area contributed by atoms with Gasteiger partial charge >= 0.3 is 0 Å². The van der Waals surface area contributed by atoms with Gasteiger partial charge in [0.15, 0.2) is 5.15 Å². The van der Waals surface area contributed by atoms with Crippen LogP contribution in [0, 0.1) is 11.3 Å². The van der Waals surface area contributed by atoms with Crippen LogP contribution in [0.4, 0.5) is 11.4 Å². The van der Waals surface area contributed by atoms with Crippen LogP contribution in [-0.4, -0.2) is 10.9 Å². The van der Waals surface area contributed by atoms with E-state index >= 15 is 0 Å². The van der Waals surface area contributed by atoms with E-state index in [1.54, 1.807) is 18.3 Å². The summed E-state index contributed by atoms with van der Waals surface area (Å²) in [5.74, 6) is -0.0833. The predicted octanol–water partition coefficient (Wildman–Crippen LogP) is 4.32. The summed E-state index contributed by atoms with van der Waals surface area (Å²) in [7, 11) is 0. The molecule has 24 heavy (non-hydrogen) atoms. The van der Waals surface area contributed by atoms with Crippen molar-refractivity contribution in [2.75, 3.05) is 10.6 Å². The number of nitrogens with zero attached hydrogens (tertiary/aromatic N) is 2. The van der Waals surface area contributed by atoms with E-state index in [0.29, 0.717) is 17.3 Å². The summed E-state index contributed by atoms with van der Waals surface area (Å²) in [5, 5.41) is 14.9. The average molecular weight is 341 g/mol. The summed E-state index contributed by atoms with van der Waals surface area (Å²) in [4.78, 5) is 16.1. The Morgan fingerprint density at radius 1 is 1.29 bits per heavy atom. The lowest BCUT2D eigenvalue weighted by Crippen LogP contribution is -2.14. The maximum atomic E-state index is 12.2. The van der Waals surface area contributed by atoms with Crippen LogP contribution in [0.5, 0.6) is 0 Å². The molecule has 2 rings (SSSR count). The predicted molar refractivity (Wildman–Crippen MR) is 95.7 cm³/mol. The molecule has 1 aromatic carbocycles. The van der Waals surface area contributed by atoms with E-state index in [0.717, 1.165) is 0 Å². The second-order valence-electron chi connectivity index (χ2n) is 5.39. The summed E-state index contributed by atoms with van der Waals surface area (Å²) in [6.45, 7) is 4.19. The summed E-state index contributed by atoms with van der Waals surface area (Å²) < 4.78 is 0. The third-order valence-electron chi connectivity index (χ3n) is 3.33. The van der Waals surface area contributed by atoms with Crippen molar-refractivity contribution in [1.82, 2.24) is 4.98 Å². The second kappa shape index (κ2) is 8.14. The first-order valence-corrected chi connectivity index (χ1v) is 7.77. The van der Waals surface area contributed by atoms with Gasteiger partial charge in [0.2, 0.25) is 0 Å². The Labute approximate surface area is 146 Å². The van der Waals surface area contributed by atoms with Crippen molar-refractivity contribution in [2.45, 2.75) is 19.8 Å². The number of hydrogen-bond donors (Lipinski definition) is 2. The minimum Gasteiger partial charge on any atom is -0.358 e. The number of carbonyl (C=O) groups is 1. The first-order valence-electron chi connectivity index (χ1n) is 7.40. The van der Waals surface area contributed by atoms with Gasteiger partial charge in [0.25, 0.3) is 5.91 Å². The Bertz CT molecular complexity index is 791. The van der Waals surface area contributed by atoms with Crippen LogP contribution < -0.4 is 10.6 Å². The Morgan fingerprint density at radius 2 is 2.00 bits per heavy atom. The molecule has 1 aromatic heterocycles. The van der Waals surface area contributed by atoms with Crippen LogP contribution in [0.2, 0.25) is 5.15 Å². The molecule has 122 valence electrons. The fraction of sp³-hybridized carbons (Fsp3) is 0.167. The smallest absolute Gasteiger partial charge is 0.267 e. The number of anilines is 2. The van der Waals surface area contributed by atoms with Crippen molar-refractivity contribution in [3.63, 3.8) is 0 Å². The lowest BCUT2D eigenvalue weighted by Gasteiger charge is -2.08. The van der Waals surface area contributed by atoms with E-state index in [-0.39, 0.29) is 10.7 Å². The number of aromatic nitrogens is 1. The molecule has 0 aliphatic carbocycles. The van der Waals surface area contributed by atoms with Crippen molar-refractivity contribution in [3.05, 3.63) is 65.1 Å². The van der Waals surface area contributed by atoms with Crippen molar-refractivity contribution < 1.29 is 4.79 Å². The number of amides is 1. The van der Waals surface area contributed by atoms with Gasteiger partial charge in [-0.1, -0.05) is 37.6 Å². The fourth-order valence-electron chi connectivity index (χ4n) is 1.94. The number of hydrogen-bond acceptors (Lipinski definition) is 4. The van der Waals surface area contributed by atoms with Crippen LogP contribution in [-0.2, 0) is 4.79 Å². The third-order valence-corrected chi connectivity index (χ3v) is 3.63. The van der Waals surface area contributed by atoms with Gasteiger partial charge in [-0.3, -0.25) is 4.79 Å². The average Bonchev–Trinajstić information content (AvgIpc) is 2.57. The fourth-order valence-corrected chi connectivity index (χ4v) is 2.12. The molecule has 0 aliphatic rings. The van der Waals surface area contributed by atoms with E-state index in [2.05, 4.69) is 29.5 Å². The van der Waals surface area contributed by atoms with Crippen LogP contribution in [0.25, 0.3) is 0 Å². The normalized spacial score (nSPS) is 11.0. The van der Waals surface area contributed by atoms with Gasteiger partial charge in [-0.15, -0.1) is 0 Å². The molecule has 5 nitrogen and oxygen atoms in total. The Balaban J connectivity index is 2.07. The number of pyridine rings is 1. The molecule has 0 radical (unpaired) electrons. The van der Waals surface area contributed by atoms with Gasteiger partial charge in [-0.2, -0.15) is 5.26 Å². The van der Waals surface area contributed by atoms with Crippen LogP contribution in [0.1, 0.15) is 25.3 Å². The monoisotopic (exact) mass is 340 g/mol. The minimum absolute atomic E-state index is 0.0668. The van der Waals surface area contributed by atoms with Gasteiger partial charge in [0.05, 0.1) is 5.69 Å². The largest absolute Gasteiger partial charge is 0.358 e. The molecule has 2 aromatic rings. The number of halogens is 1. The maximum absolute atomic E-state index is 12.2. The highest BCUT2D eigenvalue weighted by atomic mass is 35.5. The van der Waals surface area contributed by atoms with Crippen molar-refractivity contribution >= 4 is 28.9 Å². The number of nitriles is 1. The zero-order valence-electron chi connectivity index (χ0n) is 13.4. The molecule has 0 saturated carbocycles. The maximum Gasteiger partial charge on any atom is 0.267 e. The van der Waals surface area contributed by atoms with Gasteiger partial charge in [-0.25, -0.2) is 4.98 Å². The van der Waals surface area contributed by atoms with Crippen molar-refractivity contribution in [1.29, 1.82) is 5.26 Å². The molecule has 6 heteroatoms. The zero-order valence-corrected chi connectivity index (χ0v) is 14.1. The molecule has 0 bridgehead atoms. The zero-order chi connectivity index (χ0) is 17.5. The molecule has 0 aliphatic heterocycles. The molecule has 0 saturated heterocycles. The van der Waals surface area contributed by atoms with E-state index in [9.17, 15) is 10.1 Å². The molecule has 1 heterocycles. The lowest BCUT2D eigenvalue weighted by atomic mass is 10.0. The summed E-state index contributed by atoms with van der Waals surface area (Å²) >= 11 is 5.91. The Hall–Kier alpha value is -2.84. The molecular formula is C18H17ClN4O. The first kappa shape index (κ1) is 17.5. The van der Waals surface area contributed by atoms with Gasteiger partial charge in [-0.05, 0) is 35.7 Å². The second-order valence-corrected chi connectivity index (χ2v) is 5.74.